The molecule has 1 aromatic heterocycles. The molecule has 6 nitrogen and oxygen atoms in total. The molecule has 0 radical (unpaired) electrons. The first-order chi connectivity index (χ1) is 14.6. The Bertz CT molecular complexity index is 877. The summed E-state index contributed by atoms with van der Waals surface area (Å²) in [6.07, 6.45) is 5.68. The van der Waals surface area contributed by atoms with Crippen LogP contribution in [0.2, 0.25) is 0 Å². The molecule has 2 aliphatic heterocycles. The molecule has 0 bridgehead atoms. The Morgan fingerprint density at radius 3 is 2.80 bits per heavy atom. The molecule has 3 heterocycles. The lowest BCUT2D eigenvalue weighted by molar-refractivity contribution is -0.126. The van der Waals surface area contributed by atoms with Gasteiger partial charge in [-0.1, -0.05) is 23.9 Å². The van der Waals surface area contributed by atoms with Gasteiger partial charge >= 0.3 is 0 Å². The van der Waals surface area contributed by atoms with Gasteiger partial charge in [0.25, 0.3) is 0 Å². The van der Waals surface area contributed by atoms with Gasteiger partial charge in [0, 0.05) is 43.1 Å². The van der Waals surface area contributed by atoms with Gasteiger partial charge in [-0.3, -0.25) is 4.79 Å². The van der Waals surface area contributed by atoms with E-state index >= 15 is 0 Å². The molecule has 160 valence electrons. The zero-order valence-corrected chi connectivity index (χ0v) is 18.6. The number of hydrogen-bond donors (Lipinski definition) is 1. The number of hydrogen-bond acceptors (Lipinski definition) is 6. The van der Waals surface area contributed by atoms with Gasteiger partial charge in [0.15, 0.2) is 0 Å². The fourth-order valence-electron chi connectivity index (χ4n) is 4.02. The van der Waals surface area contributed by atoms with Crippen molar-refractivity contribution in [2.75, 3.05) is 31.1 Å². The van der Waals surface area contributed by atoms with Gasteiger partial charge < -0.3 is 15.0 Å². The van der Waals surface area contributed by atoms with Gasteiger partial charge in [-0.2, -0.15) is 0 Å². The highest BCUT2D eigenvalue weighted by Gasteiger charge is 2.26. The fraction of sp³-hybridized carbons (Fsp3) is 0.522. The number of nitrogens with zero attached hydrogens (tertiary/aromatic N) is 3. The van der Waals surface area contributed by atoms with Crippen LogP contribution in [0.15, 0.2) is 40.5 Å². The average Bonchev–Trinajstić information content (AvgIpc) is 3.29. The van der Waals surface area contributed by atoms with Crippen LogP contribution in [0, 0.1) is 19.8 Å². The fourth-order valence-corrected chi connectivity index (χ4v) is 4.99. The Labute approximate surface area is 182 Å². The maximum Gasteiger partial charge on any atom is 0.223 e. The molecular weight excluding hydrogens is 396 g/mol. The lowest BCUT2D eigenvalue weighted by Gasteiger charge is -2.32. The second-order valence-electron chi connectivity index (χ2n) is 8.23. The molecule has 0 unspecified atom stereocenters. The van der Waals surface area contributed by atoms with Crippen LogP contribution in [0.5, 0.6) is 0 Å². The minimum atomic E-state index is 0.0771. The maximum absolute atomic E-state index is 12.5. The molecule has 1 N–H and O–H groups in total. The molecule has 1 amide bonds. The third-order valence-corrected chi connectivity index (χ3v) is 7.00. The van der Waals surface area contributed by atoms with E-state index in [0.29, 0.717) is 6.54 Å². The Hall–Kier alpha value is -2.12. The van der Waals surface area contributed by atoms with Crippen LogP contribution in [0.3, 0.4) is 0 Å². The normalized spacial score (nSPS) is 19.8. The van der Waals surface area contributed by atoms with Crippen molar-refractivity contribution in [3.8, 4) is 0 Å². The molecule has 0 spiro atoms. The summed E-state index contributed by atoms with van der Waals surface area (Å²) in [7, 11) is 0. The predicted molar refractivity (Wildman–Crippen MR) is 119 cm³/mol. The van der Waals surface area contributed by atoms with Crippen LogP contribution in [0.1, 0.15) is 36.8 Å². The van der Waals surface area contributed by atoms with Crippen molar-refractivity contribution in [3.05, 3.63) is 41.7 Å². The van der Waals surface area contributed by atoms with Crippen molar-refractivity contribution in [1.82, 2.24) is 15.3 Å². The number of anilines is 1. The van der Waals surface area contributed by atoms with E-state index in [-0.39, 0.29) is 17.9 Å². The van der Waals surface area contributed by atoms with Crippen LogP contribution in [0.4, 0.5) is 5.82 Å². The molecule has 4 rings (SSSR count). The average molecular weight is 427 g/mol. The van der Waals surface area contributed by atoms with E-state index in [2.05, 4.69) is 58.3 Å². The van der Waals surface area contributed by atoms with Gasteiger partial charge in [0.2, 0.25) is 5.91 Å². The molecule has 2 saturated heterocycles. The SMILES string of the molecule is Cc1ccc(C)c(Sc2cc(N3CCC(C(=O)NC[C@@H]4CCCO4)CC3)ncn2)c1. The number of nitrogens with one attached hydrogen (secondary N) is 1. The third kappa shape index (κ3) is 5.32. The molecule has 30 heavy (non-hydrogen) atoms. The van der Waals surface area contributed by atoms with Crippen molar-refractivity contribution in [3.63, 3.8) is 0 Å². The number of benzene rings is 1. The van der Waals surface area contributed by atoms with Crippen molar-refractivity contribution in [2.24, 2.45) is 5.92 Å². The smallest absolute Gasteiger partial charge is 0.223 e. The highest BCUT2D eigenvalue weighted by Crippen LogP contribution is 2.31. The lowest BCUT2D eigenvalue weighted by Crippen LogP contribution is -2.42. The van der Waals surface area contributed by atoms with Crippen LogP contribution in [-0.2, 0) is 9.53 Å². The van der Waals surface area contributed by atoms with Crippen molar-refractivity contribution in [2.45, 2.75) is 55.6 Å². The van der Waals surface area contributed by atoms with E-state index in [1.807, 2.05) is 0 Å². The van der Waals surface area contributed by atoms with Crippen molar-refractivity contribution >= 4 is 23.5 Å². The van der Waals surface area contributed by atoms with Crippen LogP contribution < -0.4 is 10.2 Å². The predicted octanol–water partition coefficient (Wildman–Crippen LogP) is 3.76. The van der Waals surface area contributed by atoms with Gasteiger partial charge in [0.1, 0.15) is 17.2 Å². The van der Waals surface area contributed by atoms with E-state index in [4.69, 9.17) is 4.74 Å². The first kappa shape index (κ1) is 21.1. The zero-order valence-electron chi connectivity index (χ0n) is 17.8. The molecular formula is C23H30N4O2S. The summed E-state index contributed by atoms with van der Waals surface area (Å²) in [5.74, 6) is 1.18. The summed E-state index contributed by atoms with van der Waals surface area (Å²) in [6, 6.07) is 8.53. The Balaban J connectivity index is 1.31. The second kappa shape index (κ2) is 9.79. The van der Waals surface area contributed by atoms with E-state index in [0.717, 1.165) is 56.2 Å². The minimum Gasteiger partial charge on any atom is -0.376 e. The first-order valence-electron chi connectivity index (χ1n) is 10.8. The quantitative estimate of drug-likeness (QED) is 0.710. The summed E-state index contributed by atoms with van der Waals surface area (Å²) in [5.41, 5.74) is 2.50. The van der Waals surface area contributed by atoms with Gasteiger partial charge in [-0.25, -0.2) is 9.97 Å². The number of piperidine rings is 1. The monoisotopic (exact) mass is 426 g/mol. The molecule has 2 aromatic rings. The van der Waals surface area contributed by atoms with Crippen LogP contribution in [0.25, 0.3) is 0 Å². The molecule has 1 atom stereocenters. The van der Waals surface area contributed by atoms with Crippen molar-refractivity contribution in [1.29, 1.82) is 0 Å². The highest BCUT2D eigenvalue weighted by atomic mass is 32.2. The maximum atomic E-state index is 12.5. The lowest BCUT2D eigenvalue weighted by atomic mass is 9.96. The Morgan fingerprint density at radius 1 is 1.20 bits per heavy atom. The molecule has 0 aliphatic carbocycles. The topological polar surface area (TPSA) is 67.4 Å². The zero-order chi connectivity index (χ0) is 20.9. The highest BCUT2D eigenvalue weighted by molar-refractivity contribution is 7.99. The standard InChI is InChI=1S/C23H30N4O2S/c1-16-5-6-17(2)20(12-16)30-22-13-21(25-15-26-22)27-9-7-18(8-10-27)23(28)24-14-19-4-3-11-29-19/h5-6,12-13,15,18-19H,3-4,7-11,14H2,1-2H3,(H,24,28)/t19-/m0/s1. The molecule has 1 aromatic carbocycles. The Kier molecular flexibility index (Phi) is 6.89. The number of carbonyl (C=O) groups is 1. The minimum absolute atomic E-state index is 0.0771. The van der Waals surface area contributed by atoms with Gasteiger partial charge in [-0.15, -0.1) is 0 Å². The van der Waals surface area contributed by atoms with Crippen molar-refractivity contribution < 1.29 is 9.53 Å². The summed E-state index contributed by atoms with van der Waals surface area (Å²) in [6.45, 7) is 7.37. The van der Waals surface area contributed by atoms with E-state index in [9.17, 15) is 4.79 Å². The largest absolute Gasteiger partial charge is 0.376 e. The van der Waals surface area contributed by atoms with Gasteiger partial charge in [-0.05, 0) is 56.7 Å². The molecule has 0 saturated carbocycles. The number of aryl methyl sites for hydroxylation is 2. The Morgan fingerprint density at radius 2 is 2.03 bits per heavy atom. The summed E-state index contributed by atoms with van der Waals surface area (Å²) in [4.78, 5) is 24.9. The summed E-state index contributed by atoms with van der Waals surface area (Å²) >= 11 is 1.68. The summed E-state index contributed by atoms with van der Waals surface area (Å²) in [5, 5.41) is 4.03. The number of carbonyl (C=O) groups excluding carboxylic acids is 1. The third-order valence-electron chi connectivity index (χ3n) is 5.90. The number of rotatable bonds is 6. The summed E-state index contributed by atoms with van der Waals surface area (Å²) < 4.78 is 5.59. The van der Waals surface area contributed by atoms with Gasteiger partial charge in [0.05, 0.1) is 6.10 Å². The van der Waals surface area contributed by atoms with E-state index < -0.39 is 0 Å². The number of amides is 1. The molecule has 2 fully saturated rings. The number of ether oxygens (including phenoxy) is 1. The number of aromatic nitrogens is 2. The van der Waals surface area contributed by atoms with E-state index in [1.54, 1.807) is 18.1 Å². The van der Waals surface area contributed by atoms with Crippen LogP contribution in [-0.4, -0.2) is 48.2 Å². The first-order valence-corrected chi connectivity index (χ1v) is 11.6. The van der Waals surface area contributed by atoms with Crippen LogP contribution >= 0.6 is 11.8 Å². The van der Waals surface area contributed by atoms with E-state index in [1.165, 1.54) is 16.0 Å². The second-order valence-corrected chi connectivity index (χ2v) is 9.29. The molecule has 7 heteroatoms. The molecule has 2 aliphatic rings.